The van der Waals surface area contributed by atoms with Crippen LogP contribution in [0.2, 0.25) is 5.02 Å². The van der Waals surface area contributed by atoms with Gasteiger partial charge in [-0.05, 0) is 55.6 Å². The summed E-state index contributed by atoms with van der Waals surface area (Å²) in [6.45, 7) is 8.32. The third-order valence-electron chi connectivity index (χ3n) is 5.61. The second-order valence-corrected chi connectivity index (χ2v) is 7.95. The fourth-order valence-corrected chi connectivity index (χ4v) is 4.41. The molecule has 0 aromatic heterocycles. The van der Waals surface area contributed by atoms with Gasteiger partial charge in [-0.25, -0.2) is 4.39 Å². The van der Waals surface area contributed by atoms with Crippen LogP contribution < -0.4 is 15.4 Å². The fourth-order valence-electron chi connectivity index (χ4n) is 4.20. The summed E-state index contributed by atoms with van der Waals surface area (Å²) < 4.78 is 19.2. The van der Waals surface area contributed by atoms with Gasteiger partial charge in [0, 0.05) is 23.3 Å². The van der Waals surface area contributed by atoms with Crippen LogP contribution in [-0.2, 0) is 0 Å². The van der Waals surface area contributed by atoms with E-state index in [1.54, 1.807) is 24.3 Å². The summed E-state index contributed by atoms with van der Waals surface area (Å²) in [5.41, 5.74) is 9.77. The van der Waals surface area contributed by atoms with Crippen LogP contribution >= 0.6 is 11.6 Å². The fraction of sp³-hybridized carbons (Fsp3) is 0.364. The molecule has 0 radical (unpaired) electrons. The highest BCUT2D eigenvalue weighted by Gasteiger charge is 2.26. The molecule has 1 saturated heterocycles. The number of halogens is 2. The summed E-state index contributed by atoms with van der Waals surface area (Å²) in [5.74, 6) is 0.973. The Bertz CT molecular complexity index is 880. The van der Waals surface area contributed by atoms with Crippen LogP contribution in [0.15, 0.2) is 48.7 Å². The molecular weight excluding hydrogens is 377 g/mol. The number of hydrogen-bond acceptors (Lipinski definition) is 4. The molecule has 0 amide bonds. The quantitative estimate of drug-likeness (QED) is 0.757. The molecule has 0 spiro atoms. The lowest BCUT2D eigenvalue weighted by atomic mass is 9.89. The zero-order valence-electron chi connectivity index (χ0n) is 15.8. The lowest BCUT2D eigenvalue weighted by Gasteiger charge is -2.37. The van der Waals surface area contributed by atoms with Gasteiger partial charge in [0.1, 0.15) is 23.9 Å². The van der Waals surface area contributed by atoms with E-state index in [2.05, 4.69) is 16.4 Å². The van der Waals surface area contributed by atoms with Crippen molar-refractivity contribution in [3.05, 3.63) is 65.1 Å². The number of rotatable bonds is 4. The SMILES string of the molecule is C=C(CN1CCC(c2cccc(F)c2)CC1)N1CCOc2cc(Cl)cc(N)c21. The smallest absolute Gasteiger partial charge is 0.146 e. The first-order valence-corrected chi connectivity index (χ1v) is 10.0. The minimum absolute atomic E-state index is 0.156. The molecule has 4 rings (SSSR count). The number of fused-ring (bicyclic) bond motifs is 1. The first-order valence-electron chi connectivity index (χ1n) is 9.66. The van der Waals surface area contributed by atoms with Gasteiger partial charge < -0.3 is 15.4 Å². The number of ether oxygens (including phenoxy) is 1. The maximum absolute atomic E-state index is 13.5. The molecule has 0 atom stereocenters. The molecule has 2 aromatic rings. The van der Waals surface area contributed by atoms with Crippen molar-refractivity contribution in [3.8, 4) is 5.75 Å². The standard InChI is InChI=1S/C22H25ClFN3O/c1-15(27-9-10-28-21-13-18(23)12-20(25)22(21)27)14-26-7-5-16(6-8-26)17-3-2-4-19(24)11-17/h2-4,11-13,16H,1,5-10,14,25H2. The highest BCUT2D eigenvalue weighted by Crippen LogP contribution is 2.41. The third kappa shape index (κ3) is 3.96. The van der Waals surface area contributed by atoms with Gasteiger partial charge in [0.15, 0.2) is 0 Å². The van der Waals surface area contributed by atoms with E-state index in [1.165, 1.54) is 6.07 Å². The zero-order valence-corrected chi connectivity index (χ0v) is 16.6. The first-order chi connectivity index (χ1) is 13.5. The van der Waals surface area contributed by atoms with E-state index in [1.807, 2.05) is 6.07 Å². The topological polar surface area (TPSA) is 41.7 Å². The van der Waals surface area contributed by atoms with E-state index in [4.69, 9.17) is 22.1 Å². The summed E-state index contributed by atoms with van der Waals surface area (Å²) in [7, 11) is 0. The molecule has 2 heterocycles. The average Bonchev–Trinajstić information content (AvgIpc) is 2.68. The Kier molecular flexibility index (Phi) is 5.47. The van der Waals surface area contributed by atoms with E-state index >= 15 is 0 Å². The average molecular weight is 402 g/mol. The number of benzene rings is 2. The second-order valence-electron chi connectivity index (χ2n) is 7.51. The molecule has 0 unspecified atom stereocenters. The number of nitrogens with two attached hydrogens (primary N) is 1. The van der Waals surface area contributed by atoms with Crippen molar-refractivity contribution in [2.24, 2.45) is 0 Å². The molecule has 4 nitrogen and oxygen atoms in total. The van der Waals surface area contributed by atoms with E-state index in [-0.39, 0.29) is 5.82 Å². The molecule has 0 aliphatic carbocycles. The summed E-state index contributed by atoms with van der Waals surface area (Å²) in [6, 6.07) is 10.5. The van der Waals surface area contributed by atoms with Crippen molar-refractivity contribution in [1.29, 1.82) is 0 Å². The molecule has 1 fully saturated rings. The molecule has 2 aliphatic heterocycles. The van der Waals surface area contributed by atoms with Crippen LogP contribution in [0.25, 0.3) is 0 Å². The van der Waals surface area contributed by atoms with Crippen LogP contribution in [-0.4, -0.2) is 37.7 Å². The van der Waals surface area contributed by atoms with E-state index in [9.17, 15) is 4.39 Å². The van der Waals surface area contributed by atoms with Gasteiger partial charge in [0.25, 0.3) is 0 Å². The van der Waals surface area contributed by atoms with E-state index in [0.29, 0.717) is 29.0 Å². The van der Waals surface area contributed by atoms with Crippen molar-refractivity contribution >= 4 is 23.0 Å². The van der Waals surface area contributed by atoms with Crippen LogP contribution in [0.4, 0.5) is 15.8 Å². The number of nitrogens with zero attached hydrogens (tertiary/aromatic N) is 2. The van der Waals surface area contributed by atoms with Crippen LogP contribution in [0.5, 0.6) is 5.75 Å². The summed E-state index contributed by atoms with van der Waals surface area (Å²) >= 11 is 6.11. The molecule has 0 saturated carbocycles. The predicted octanol–water partition coefficient (Wildman–Crippen LogP) is 4.65. The minimum Gasteiger partial charge on any atom is -0.489 e. The lowest BCUT2D eigenvalue weighted by Crippen LogP contribution is -2.40. The normalized spacial score (nSPS) is 17.9. The van der Waals surface area contributed by atoms with Gasteiger partial charge in [0.05, 0.1) is 12.2 Å². The molecule has 2 aliphatic rings. The monoisotopic (exact) mass is 401 g/mol. The van der Waals surface area contributed by atoms with Crippen molar-refractivity contribution in [1.82, 2.24) is 4.90 Å². The summed E-state index contributed by atoms with van der Waals surface area (Å²) in [6.07, 6.45) is 2.04. The van der Waals surface area contributed by atoms with Crippen molar-refractivity contribution in [2.45, 2.75) is 18.8 Å². The Morgan fingerprint density at radius 3 is 2.75 bits per heavy atom. The van der Waals surface area contributed by atoms with Crippen molar-refractivity contribution in [3.63, 3.8) is 0 Å². The van der Waals surface area contributed by atoms with Gasteiger partial charge in [-0.1, -0.05) is 30.3 Å². The molecule has 6 heteroatoms. The number of likely N-dealkylation sites (tertiary alicyclic amines) is 1. The maximum atomic E-state index is 13.5. The Labute approximate surface area is 170 Å². The van der Waals surface area contributed by atoms with Crippen molar-refractivity contribution in [2.75, 3.05) is 43.4 Å². The predicted molar refractivity (Wildman–Crippen MR) is 113 cm³/mol. The molecular formula is C22H25ClFN3O. The molecule has 0 bridgehead atoms. The zero-order chi connectivity index (χ0) is 19.7. The van der Waals surface area contributed by atoms with Crippen LogP contribution in [0.1, 0.15) is 24.3 Å². The Morgan fingerprint density at radius 2 is 2.00 bits per heavy atom. The van der Waals surface area contributed by atoms with Crippen LogP contribution in [0.3, 0.4) is 0 Å². The number of piperidine rings is 1. The Balaban J connectivity index is 1.40. The highest BCUT2D eigenvalue weighted by atomic mass is 35.5. The van der Waals surface area contributed by atoms with Gasteiger partial charge in [0.2, 0.25) is 0 Å². The van der Waals surface area contributed by atoms with Gasteiger partial charge >= 0.3 is 0 Å². The summed E-state index contributed by atoms with van der Waals surface area (Å²) in [4.78, 5) is 4.54. The van der Waals surface area contributed by atoms with Crippen LogP contribution in [0, 0.1) is 5.82 Å². The molecule has 2 N–H and O–H groups in total. The maximum Gasteiger partial charge on any atom is 0.146 e. The molecule has 28 heavy (non-hydrogen) atoms. The third-order valence-corrected chi connectivity index (χ3v) is 5.83. The Hall–Kier alpha value is -2.24. The van der Waals surface area contributed by atoms with Gasteiger partial charge in [-0.15, -0.1) is 0 Å². The largest absolute Gasteiger partial charge is 0.489 e. The van der Waals surface area contributed by atoms with Gasteiger partial charge in [-0.3, -0.25) is 4.90 Å². The van der Waals surface area contributed by atoms with Gasteiger partial charge in [-0.2, -0.15) is 0 Å². The summed E-state index contributed by atoms with van der Waals surface area (Å²) in [5, 5.41) is 0.572. The minimum atomic E-state index is -0.156. The molecule has 148 valence electrons. The van der Waals surface area contributed by atoms with Crippen molar-refractivity contribution < 1.29 is 9.13 Å². The van der Waals surface area contributed by atoms with E-state index in [0.717, 1.165) is 56.0 Å². The lowest BCUT2D eigenvalue weighted by molar-refractivity contribution is 0.225. The number of hydrogen-bond donors (Lipinski definition) is 1. The Morgan fingerprint density at radius 1 is 1.21 bits per heavy atom. The number of nitrogen functional groups attached to an aromatic ring is 1. The molecule has 2 aromatic carbocycles. The number of anilines is 2. The second kappa shape index (κ2) is 8.02. The first kappa shape index (κ1) is 19.1. The van der Waals surface area contributed by atoms with E-state index < -0.39 is 0 Å². The highest BCUT2D eigenvalue weighted by molar-refractivity contribution is 6.31.